The third-order valence-electron chi connectivity index (χ3n) is 5.31. The van der Waals surface area contributed by atoms with Crippen LogP contribution in [0.2, 0.25) is 0 Å². The number of H-pyrrole nitrogens is 1. The van der Waals surface area contributed by atoms with Crippen LogP contribution in [0.15, 0.2) is 45.6 Å². The average molecular weight is 437 g/mol. The van der Waals surface area contributed by atoms with E-state index in [2.05, 4.69) is 35.8 Å². The zero-order valence-corrected chi connectivity index (χ0v) is 17.5. The summed E-state index contributed by atoms with van der Waals surface area (Å²) in [5.41, 5.74) is 0.955. The second-order valence-corrected chi connectivity index (χ2v) is 8.47. The summed E-state index contributed by atoms with van der Waals surface area (Å²) in [4.78, 5) is 36.4. The Morgan fingerprint density at radius 2 is 1.90 bits per heavy atom. The van der Waals surface area contributed by atoms with Gasteiger partial charge in [0.1, 0.15) is 10.5 Å². The number of fused-ring (bicyclic) bond motifs is 1. The van der Waals surface area contributed by atoms with Crippen molar-refractivity contribution in [3.8, 4) is 5.69 Å². The first-order valence-corrected chi connectivity index (χ1v) is 10.8. The number of thiophene rings is 1. The molecule has 4 aromatic heterocycles. The topological polar surface area (TPSA) is 130 Å². The molecule has 158 valence electrons. The fourth-order valence-electron chi connectivity index (χ4n) is 3.81. The molecule has 3 N–H and O–H groups in total. The van der Waals surface area contributed by atoms with Gasteiger partial charge in [-0.1, -0.05) is 0 Å². The molecule has 2 atom stereocenters. The number of hydrogen-bond donors (Lipinski definition) is 3. The first-order valence-electron chi connectivity index (χ1n) is 9.95. The first-order chi connectivity index (χ1) is 15.1. The van der Waals surface area contributed by atoms with Crippen molar-refractivity contribution < 1.29 is 0 Å². The van der Waals surface area contributed by atoms with Gasteiger partial charge in [0, 0.05) is 12.1 Å². The molecule has 0 bridgehead atoms. The Morgan fingerprint density at radius 1 is 1.06 bits per heavy atom. The molecule has 10 nitrogen and oxygen atoms in total. The van der Waals surface area contributed by atoms with Crippen molar-refractivity contribution in [1.82, 2.24) is 29.7 Å². The Kier molecular flexibility index (Phi) is 4.94. The van der Waals surface area contributed by atoms with E-state index < -0.39 is 5.69 Å². The van der Waals surface area contributed by atoms with Crippen LogP contribution in [0.3, 0.4) is 0 Å². The van der Waals surface area contributed by atoms with Crippen LogP contribution < -0.4 is 21.9 Å². The maximum atomic E-state index is 12.7. The van der Waals surface area contributed by atoms with Crippen molar-refractivity contribution in [2.75, 3.05) is 10.6 Å². The summed E-state index contributed by atoms with van der Waals surface area (Å²) in [6.07, 6.45) is 6.09. The van der Waals surface area contributed by atoms with Gasteiger partial charge in [0.05, 0.1) is 29.3 Å². The van der Waals surface area contributed by atoms with Crippen molar-refractivity contribution in [1.29, 1.82) is 0 Å². The van der Waals surface area contributed by atoms with Gasteiger partial charge in [0.15, 0.2) is 0 Å². The number of rotatable bonds is 5. The maximum Gasteiger partial charge on any atom is 0.333 e. The van der Waals surface area contributed by atoms with Crippen LogP contribution in [-0.2, 0) is 0 Å². The molecular formula is C20H20N8O2S. The summed E-state index contributed by atoms with van der Waals surface area (Å²) >= 11 is 1.30. The van der Waals surface area contributed by atoms with E-state index in [0.717, 1.165) is 29.5 Å². The lowest BCUT2D eigenvalue weighted by molar-refractivity contribution is 0.712. The quantitative estimate of drug-likeness (QED) is 0.433. The van der Waals surface area contributed by atoms with Gasteiger partial charge in [-0.15, -0.1) is 16.4 Å². The molecule has 1 fully saturated rings. The zero-order valence-electron chi connectivity index (χ0n) is 16.7. The number of pyridine rings is 1. The van der Waals surface area contributed by atoms with Crippen LogP contribution in [0, 0.1) is 6.92 Å². The highest BCUT2D eigenvalue weighted by Gasteiger charge is 2.25. The van der Waals surface area contributed by atoms with Crippen LogP contribution in [0.25, 0.3) is 15.9 Å². The number of anilines is 2. The van der Waals surface area contributed by atoms with E-state index in [1.807, 2.05) is 6.92 Å². The highest BCUT2D eigenvalue weighted by atomic mass is 32.1. The van der Waals surface area contributed by atoms with E-state index >= 15 is 0 Å². The zero-order chi connectivity index (χ0) is 21.4. The van der Waals surface area contributed by atoms with E-state index in [1.54, 1.807) is 29.8 Å². The Labute approximate surface area is 180 Å². The fraction of sp³-hybridized carbons (Fsp3) is 0.300. The number of aryl methyl sites for hydroxylation is 1. The van der Waals surface area contributed by atoms with Crippen molar-refractivity contribution in [3.05, 3.63) is 62.5 Å². The summed E-state index contributed by atoms with van der Waals surface area (Å²) in [6, 6.07) is 5.75. The van der Waals surface area contributed by atoms with Gasteiger partial charge in [-0.25, -0.2) is 19.3 Å². The van der Waals surface area contributed by atoms with Crippen molar-refractivity contribution >= 4 is 33.3 Å². The molecule has 0 aromatic carbocycles. The normalized spacial score (nSPS) is 18.4. The molecule has 11 heteroatoms. The van der Waals surface area contributed by atoms with Gasteiger partial charge in [-0.2, -0.15) is 5.10 Å². The lowest BCUT2D eigenvalue weighted by Gasteiger charge is -2.15. The van der Waals surface area contributed by atoms with E-state index in [0.29, 0.717) is 27.7 Å². The SMILES string of the molecule is Cc1cnc(N[C@H]2CC[C@H](Nc3ccc(-n4c(=O)[nH]c5ccsc5c4=O)cn3)C2)nn1. The van der Waals surface area contributed by atoms with Crippen molar-refractivity contribution in [3.63, 3.8) is 0 Å². The minimum atomic E-state index is -0.476. The van der Waals surface area contributed by atoms with E-state index in [4.69, 9.17) is 0 Å². The third-order valence-corrected chi connectivity index (χ3v) is 6.21. The fourth-order valence-corrected chi connectivity index (χ4v) is 4.59. The Balaban J connectivity index is 1.27. The van der Waals surface area contributed by atoms with Crippen LogP contribution in [-0.4, -0.2) is 41.8 Å². The van der Waals surface area contributed by atoms with Crippen molar-refractivity contribution in [2.24, 2.45) is 0 Å². The number of hydrogen-bond acceptors (Lipinski definition) is 9. The number of nitrogens with one attached hydrogen (secondary N) is 3. The summed E-state index contributed by atoms with van der Waals surface area (Å²) in [5.74, 6) is 1.24. The van der Waals surface area contributed by atoms with Crippen molar-refractivity contribution in [2.45, 2.75) is 38.3 Å². The maximum absolute atomic E-state index is 12.7. The molecule has 4 aromatic rings. The highest BCUT2D eigenvalue weighted by molar-refractivity contribution is 7.17. The number of aromatic nitrogens is 6. The molecule has 0 amide bonds. The molecule has 0 saturated heterocycles. The number of nitrogens with zero attached hydrogens (tertiary/aromatic N) is 5. The smallest absolute Gasteiger partial charge is 0.333 e. The second kappa shape index (κ2) is 7.91. The molecule has 1 aliphatic carbocycles. The van der Waals surface area contributed by atoms with E-state index in [-0.39, 0.29) is 17.6 Å². The van der Waals surface area contributed by atoms with Gasteiger partial charge in [-0.05, 0) is 49.8 Å². The van der Waals surface area contributed by atoms with Crippen LogP contribution in [0.5, 0.6) is 0 Å². The Bertz CT molecular complexity index is 1330. The molecule has 1 aliphatic rings. The third kappa shape index (κ3) is 3.91. The summed E-state index contributed by atoms with van der Waals surface area (Å²) in [5, 5.41) is 16.6. The summed E-state index contributed by atoms with van der Waals surface area (Å²) in [6.45, 7) is 1.85. The molecule has 31 heavy (non-hydrogen) atoms. The molecule has 0 spiro atoms. The average Bonchev–Trinajstić information content (AvgIpc) is 3.40. The van der Waals surface area contributed by atoms with Gasteiger partial charge in [-0.3, -0.25) is 4.79 Å². The van der Waals surface area contributed by atoms with Gasteiger partial charge in [0.25, 0.3) is 5.56 Å². The molecule has 0 aliphatic heterocycles. The minimum absolute atomic E-state index is 0.253. The largest absolute Gasteiger partial charge is 0.367 e. The number of aromatic amines is 1. The highest BCUT2D eigenvalue weighted by Crippen LogP contribution is 2.24. The Morgan fingerprint density at radius 3 is 2.65 bits per heavy atom. The first kappa shape index (κ1) is 19.4. The van der Waals surface area contributed by atoms with Gasteiger partial charge >= 0.3 is 5.69 Å². The van der Waals surface area contributed by atoms with E-state index in [1.165, 1.54) is 17.5 Å². The minimum Gasteiger partial charge on any atom is -0.367 e. The summed E-state index contributed by atoms with van der Waals surface area (Å²) in [7, 11) is 0. The molecule has 0 unspecified atom stereocenters. The predicted octanol–water partition coefficient (Wildman–Crippen LogP) is 2.07. The molecule has 1 saturated carbocycles. The molecular weight excluding hydrogens is 416 g/mol. The van der Waals surface area contributed by atoms with Gasteiger partial charge < -0.3 is 15.6 Å². The van der Waals surface area contributed by atoms with Crippen LogP contribution in [0.4, 0.5) is 11.8 Å². The van der Waals surface area contributed by atoms with E-state index in [9.17, 15) is 9.59 Å². The molecule has 0 radical (unpaired) electrons. The molecule has 5 rings (SSSR count). The lowest BCUT2D eigenvalue weighted by Crippen LogP contribution is -2.33. The second-order valence-electron chi connectivity index (χ2n) is 7.55. The standard InChI is InChI=1S/C20H20N8O2S/c1-11-9-22-19(27-26-11)24-13-3-2-12(8-13)23-16-5-4-14(10-21-16)28-18(29)17-15(6-7-31-17)25-20(28)30/h4-7,9-10,12-13H,2-3,8H2,1H3,(H,21,23)(H,25,30)(H,22,24,27)/t12-,13-/m0/s1. The monoisotopic (exact) mass is 436 g/mol. The van der Waals surface area contributed by atoms with Crippen LogP contribution >= 0.6 is 11.3 Å². The van der Waals surface area contributed by atoms with Crippen LogP contribution in [0.1, 0.15) is 25.0 Å². The molecule has 4 heterocycles. The Hall–Kier alpha value is -3.60. The lowest BCUT2D eigenvalue weighted by atomic mass is 10.2. The summed E-state index contributed by atoms with van der Waals surface area (Å²) < 4.78 is 1.62. The van der Waals surface area contributed by atoms with Gasteiger partial charge in [0.2, 0.25) is 5.95 Å². The predicted molar refractivity (Wildman–Crippen MR) is 119 cm³/mol.